The van der Waals surface area contributed by atoms with Crippen molar-refractivity contribution in [3.8, 4) is 22.8 Å². The molecule has 1 aromatic heterocycles. The van der Waals surface area contributed by atoms with E-state index in [1.165, 1.54) is 0 Å². The smallest absolute Gasteiger partial charge is 0.416 e. The Balaban J connectivity index is 1.58. The fraction of sp³-hybridized carbons (Fsp3) is 0.125. The number of halogens is 5. The topological polar surface area (TPSA) is 69.0 Å². The van der Waals surface area contributed by atoms with E-state index >= 15 is 0 Å². The van der Waals surface area contributed by atoms with Crippen LogP contribution in [0.15, 0.2) is 71.9 Å². The minimum Gasteiger partial charge on any atom is -0.497 e. The molecule has 186 valence electrons. The maximum absolute atomic E-state index is 13.0. The Hall–Kier alpha value is -3.21. The normalized spacial score (nSPS) is 11.4. The molecule has 4 aromatic rings. The van der Waals surface area contributed by atoms with Gasteiger partial charge in [-0.3, -0.25) is 9.36 Å². The molecule has 0 saturated carbocycles. The number of benzene rings is 3. The van der Waals surface area contributed by atoms with Crippen molar-refractivity contribution in [2.24, 2.45) is 0 Å². The van der Waals surface area contributed by atoms with Crippen LogP contribution in [-0.4, -0.2) is 33.5 Å². The maximum Gasteiger partial charge on any atom is 0.416 e. The Morgan fingerprint density at radius 2 is 1.72 bits per heavy atom. The Bertz CT molecular complexity index is 1380. The van der Waals surface area contributed by atoms with Crippen LogP contribution in [-0.2, 0) is 11.0 Å². The molecular formula is C24H17Cl2F3N4O2S. The second-order valence-electron chi connectivity index (χ2n) is 7.38. The highest BCUT2D eigenvalue weighted by Crippen LogP contribution is 2.34. The van der Waals surface area contributed by atoms with Gasteiger partial charge in [-0.2, -0.15) is 13.2 Å². The van der Waals surface area contributed by atoms with E-state index in [9.17, 15) is 18.0 Å². The number of hydrogen-bond donors (Lipinski definition) is 1. The molecule has 0 fully saturated rings. The number of aromatic nitrogens is 3. The van der Waals surface area contributed by atoms with Gasteiger partial charge < -0.3 is 10.1 Å². The lowest BCUT2D eigenvalue weighted by molar-refractivity contribution is -0.137. The summed E-state index contributed by atoms with van der Waals surface area (Å²) in [7, 11) is 1.57. The molecule has 0 aliphatic heterocycles. The Morgan fingerprint density at radius 3 is 2.36 bits per heavy atom. The highest BCUT2D eigenvalue weighted by molar-refractivity contribution is 7.99. The molecule has 0 aliphatic rings. The number of carbonyl (C=O) groups excluding carboxylic acids is 1. The Morgan fingerprint density at radius 1 is 1.03 bits per heavy atom. The first-order chi connectivity index (χ1) is 17.2. The summed E-state index contributed by atoms with van der Waals surface area (Å²) in [5.41, 5.74) is 0.418. The second kappa shape index (κ2) is 10.8. The van der Waals surface area contributed by atoms with Crippen LogP contribution in [0.5, 0.6) is 5.75 Å². The molecule has 0 bridgehead atoms. The van der Waals surface area contributed by atoms with Crippen LogP contribution in [0.2, 0.25) is 10.0 Å². The second-order valence-corrected chi connectivity index (χ2v) is 9.16. The van der Waals surface area contributed by atoms with Gasteiger partial charge in [-0.1, -0.05) is 35.0 Å². The zero-order valence-corrected chi connectivity index (χ0v) is 20.8. The lowest BCUT2D eigenvalue weighted by atomic mass is 10.2. The van der Waals surface area contributed by atoms with E-state index in [4.69, 9.17) is 27.9 Å². The van der Waals surface area contributed by atoms with E-state index in [0.717, 1.165) is 35.5 Å². The standard InChI is InChI=1S/C24H17Cl2F3N4O2S/c1-35-18-9-2-14(3-10-18)22-31-32-23(33(22)17-7-5-16(25)6-8-17)36-13-21(34)30-20-12-15(24(27,28)29)4-11-19(20)26/h2-12H,13H2,1H3,(H,30,34). The van der Waals surface area contributed by atoms with Crippen molar-refractivity contribution in [1.29, 1.82) is 0 Å². The van der Waals surface area contributed by atoms with Crippen molar-refractivity contribution in [1.82, 2.24) is 14.8 Å². The number of ether oxygens (including phenoxy) is 1. The highest BCUT2D eigenvalue weighted by atomic mass is 35.5. The zero-order valence-electron chi connectivity index (χ0n) is 18.5. The molecule has 0 unspecified atom stereocenters. The fourth-order valence-corrected chi connectivity index (χ4v) is 4.27. The highest BCUT2D eigenvalue weighted by Gasteiger charge is 2.31. The number of anilines is 1. The molecule has 12 heteroatoms. The van der Waals surface area contributed by atoms with Gasteiger partial charge in [0.1, 0.15) is 5.75 Å². The summed E-state index contributed by atoms with van der Waals surface area (Å²) >= 11 is 13.1. The predicted octanol–water partition coefficient (Wildman–Crippen LogP) is 7.00. The van der Waals surface area contributed by atoms with Gasteiger partial charge in [-0.25, -0.2) is 0 Å². The molecule has 0 saturated heterocycles. The van der Waals surface area contributed by atoms with E-state index in [0.29, 0.717) is 27.4 Å². The van der Waals surface area contributed by atoms with Crippen LogP contribution in [0.4, 0.5) is 18.9 Å². The summed E-state index contributed by atoms with van der Waals surface area (Å²) in [4.78, 5) is 12.6. The number of amides is 1. The van der Waals surface area contributed by atoms with Gasteiger partial charge in [0.2, 0.25) is 5.91 Å². The molecule has 4 rings (SSSR count). The number of thioether (sulfide) groups is 1. The van der Waals surface area contributed by atoms with Gasteiger partial charge in [0.15, 0.2) is 11.0 Å². The first-order valence-corrected chi connectivity index (χ1v) is 12.0. The van der Waals surface area contributed by atoms with Crippen LogP contribution < -0.4 is 10.1 Å². The van der Waals surface area contributed by atoms with Gasteiger partial charge >= 0.3 is 6.18 Å². The third-order valence-corrected chi connectivity index (χ3v) is 6.48. The Kier molecular flexibility index (Phi) is 7.77. The average Bonchev–Trinajstić information content (AvgIpc) is 3.28. The van der Waals surface area contributed by atoms with E-state index in [1.807, 2.05) is 12.1 Å². The first kappa shape index (κ1) is 25.9. The van der Waals surface area contributed by atoms with Crippen LogP contribution in [0.3, 0.4) is 0 Å². The van der Waals surface area contributed by atoms with Crippen molar-refractivity contribution < 1.29 is 22.7 Å². The van der Waals surface area contributed by atoms with E-state index in [1.54, 1.807) is 48.1 Å². The number of nitrogens with zero attached hydrogens (tertiary/aromatic N) is 3. The lowest BCUT2D eigenvalue weighted by Gasteiger charge is -2.12. The van der Waals surface area contributed by atoms with Gasteiger partial charge in [0.25, 0.3) is 0 Å². The van der Waals surface area contributed by atoms with Crippen molar-refractivity contribution >= 4 is 46.6 Å². The number of rotatable bonds is 7. The van der Waals surface area contributed by atoms with Gasteiger partial charge in [0, 0.05) is 16.3 Å². The molecule has 1 amide bonds. The SMILES string of the molecule is COc1ccc(-c2nnc(SCC(=O)Nc3cc(C(F)(F)F)ccc3Cl)n2-c2ccc(Cl)cc2)cc1. The summed E-state index contributed by atoms with van der Waals surface area (Å²) in [5, 5.41) is 11.9. The Labute approximate surface area is 218 Å². The summed E-state index contributed by atoms with van der Waals surface area (Å²) in [6.45, 7) is 0. The minimum absolute atomic E-state index is 0.00697. The molecule has 36 heavy (non-hydrogen) atoms. The number of hydrogen-bond acceptors (Lipinski definition) is 5. The summed E-state index contributed by atoms with van der Waals surface area (Å²) in [6.07, 6.45) is -4.56. The molecular weight excluding hydrogens is 536 g/mol. The largest absolute Gasteiger partial charge is 0.497 e. The molecule has 0 spiro atoms. The van der Waals surface area contributed by atoms with Crippen molar-refractivity contribution in [2.75, 3.05) is 18.2 Å². The van der Waals surface area contributed by atoms with Crippen LogP contribution in [0.1, 0.15) is 5.56 Å². The van der Waals surface area contributed by atoms with Gasteiger partial charge in [-0.15, -0.1) is 10.2 Å². The van der Waals surface area contributed by atoms with Crippen molar-refractivity contribution in [3.05, 3.63) is 82.3 Å². The first-order valence-electron chi connectivity index (χ1n) is 10.3. The number of alkyl halides is 3. The number of methoxy groups -OCH3 is 1. The predicted molar refractivity (Wildman–Crippen MR) is 134 cm³/mol. The van der Waals surface area contributed by atoms with E-state index in [2.05, 4.69) is 15.5 Å². The van der Waals surface area contributed by atoms with E-state index in [-0.39, 0.29) is 16.5 Å². The van der Waals surface area contributed by atoms with Crippen LogP contribution >= 0.6 is 35.0 Å². The van der Waals surface area contributed by atoms with Crippen LogP contribution in [0, 0.1) is 0 Å². The molecule has 0 radical (unpaired) electrons. The minimum atomic E-state index is -4.56. The number of nitrogens with one attached hydrogen (secondary N) is 1. The van der Waals surface area contributed by atoms with Crippen molar-refractivity contribution in [3.63, 3.8) is 0 Å². The van der Waals surface area contributed by atoms with Gasteiger partial charge in [0.05, 0.1) is 29.1 Å². The van der Waals surface area contributed by atoms with Gasteiger partial charge in [-0.05, 0) is 66.7 Å². The van der Waals surface area contributed by atoms with Crippen LogP contribution in [0.25, 0.3) is 17.1 Å². The summed E-state index contributed by atoms with van der Waals surface area (Å²) in [5.74, 6) is 0.485. The summed E-state index contributed by atoms with van der Waals surface area (Å²) in [6, 6.07) is 17.0. The summed E-state index contributed by atoms with van der Waals surface area (Å²) < 4.78 is 46.1. The zero-order chi connectivity index (χ0) is 25.9. The van der Waals surface area contributed by atoms with Crippen molar-refractivity contribution in [2.45, 2.75) is 11.3 Å². The third kappa shape index (κ3) is 5.95. The molecule has 0 atom stereocenters. The fourth-order valence-electron chi connectivity index (χ4n) is 3.23. The molecule has 3 aromatic carbocycles. The lowest BCUT2D eigenvalue weighted by Crippen LogP contribution is -2.16. The number of carbonyl (C=O) groups is 1. The molecule has 1 N–H and O–H groups in total. The van der Waals surface area contributed by atoms with E-state index < -0.39 is 17.6 Å². The quantitative estimate of drug-likeness (QED) is 0.250. The molecule has 0 aliphatic carbocycles. The molecule has 1 heterocycles. The monoisotopic (exact) mass is 552 g/mol. The average molecular weight is 553 g/mol. The molecule has 6 nitrogen and oxygen atoms in total. The maximum atomic E-state index is 13.0. The third-order valence-electron chi connectivity index (χ3n) is 4.97.